The quantitative estimate of drug-likeness (QED) is 0.303. The SMILES string of the molecule is CCC[C@H]1CC[C@H](CC[C@H]2CC[C@H](CCC=CC=C(F)C#N)CC2)CC1. The minimum absolute atomic E-state index is 0.708. The first-order valence-electron chi connectivity index (χ1n) is 11.1. The summed E-state index contributed by atoms with van der Waals surface area (Å²) in [6, 6.07) is 1.50. The maximum Gasteiger partial charge on any atom is 0.199 e. The van der Waals surface area contributed by atoms with E-state index >= 15 is 0 Å². The highest BCUT2D eigenvalue weighted by Crippen LogP contribution is 2.38. The zero-order valence-corrected chi connectivity index (χ0v) is 16.8. The van der Waals surface area contributed by atoms with Crippen LogP contribution < -0.4 is 0 Å². The van der Waals surface area contributed by atoms with E-state index in [1.807, 2.05) is 6.08 Å². The van der Waals surface area contributed by atoms with E-state index in [1.165, 1.54) is 95.6 Å². The fourth-order valence-electron chi connectivity index (χ4n) is 5.12. The average molecular weight is 360 g/mol. The first-order valence-corrected chi connectivity index (χ1v) is 11.1. The van der Waals surface area contributed by atoms with Gasteiger partial charge in [0.05, 0.1) is 0 Å². The number of rotatable bonds is 9. The molecule has 0 aromatic carbocycles. The van der Waals surface area contributed by atoms with E-state index in [1.54, 1.807) is 6.08 Å². The van der Waals surface area contributed by atoms with Gasteiger partial charge in [-0.2, -0.15) is 9.65 Å². The lowest BCUT2D eigenvalue weighted by atomic mass is 9.74. The number of hydrogen-bond donors (Lipinski definition) is 0. The molecule has 0 atom stereocenters. The van der Waals surface area contributed by atoms with Crippen molar-refractivity contribution in [1.82, 2.24) is 0 Å². The Morgan fingerprint density at radius 3 is 1.77 bits per heavy atom. The molecule has 0 aromatic rings. The van der Waals surface area contributed by atoms with Crippen LogP contribution in [0.3, 0.4) is 0 Å². The lowest BCUT2D eigenvalue weighted by molar-refractivity contribution is 0.210. The highest BCUT2D eigenvalue weighted by molar-refractivity contribution is 5.18. The highest BCUT2D eigenvalue weighted by atomic mass is 19.1. The van der Waals surface area contributed by atoms with E-state index in [4.69, 9.17) is 5.26 Å². The van der Waals surface area contributed by atoms with Crippen LogP contribution >= 0.6 is 0 Å². The summed E-state index contributed by atoms with van der Waals surface area (Å²) >= 11 is 0. The van der Waals surface area contributed by atoms with Gasteiger partial charge in [0.25, 0.3) is 0 Å². The molecule has 2 saturated carbocycles. The maximum atomic E-state index is 12.7. The summed E-state index contributed by atoms with van der Waals surface area (Å²) in [6.45, 7) is 2.32. The summed E-state index contributed by atoms with van der Waals surface area (Å²) in [6.07, 6.45) is 24.5. The summed E-state index contributed by atoms with van der Waals surface area (Å²) in [4.78, 5) is 0. The number of hydrogen-bond acceptors (Lipinski definition) is 1. The maximum absolute atomic E-state index is 12.7. The van der Waals surface area contributed by atoms with E-state index in [2.05, 4.69) is 6.92 Å². The Morgan fingerprint density at radius 2 is 1.31 bits per heavy atom. The van der Waals surface area contributed by atoms with Crippen LogP contribution in [0.15, 0.2) is 24.1 Å². The van der Waals surface area contributed by atoms with E-state index < -0.39 is 5.83 Å². The summed E-state index contributed by atoms with van der Waals surface area (Å²) in [5.41, 5.74) is 0. The van der Waals surface area contributed by atoms with Crippen molar-refractivity contribution in [3.63, 3.8) is 0 Å². The van der Waals surface area contributed by atoms with Gasteiger partial charge in [-0.25, -0.2) is 0 Å². The molecule has 2 rings (SSSR count). The number of nitriles is 1. The van der Waals surface area contributed by atoms with E-state index in [9.17, 15) is 4.39 Å². The summed E-state index contributed by atoms with van der Waals surface area (Å²) < 4.78 is 12.7. The number of allylic oxidation sites excluding steroid dienone is 4. The van der Waals surface area contributed by atoms with Gasteiger partial charge in [-0.15, -0.1) is 0 Å². The molecule has 2 fully saturated rings. The Labute approximate surface area is 160 Å². The van der Waals surface area contributed by atoms with Crippen LogP contribution in [0, 0.1) is 35.0 Å². The first kappa shape index (κ1) is 21.2. The molecule has 1 nitrogen and oxygen atoms in total. The third-order valence-electron chi connectivity index (χ3n) is 6.84. The minimum Gasteiger partial charge on any atom is -0.195 e. The van der Waals surface area contributed by atoms with Crippen LogP contribution in [0.5, 0.6) is 0 Å². The summed E-state index contributed by atoms with van der Waals surface area (Å²) in [7, 11) is 0. The van der Waals surface area contributed by atoms with Crippen LogP contribution in [-0.2, 0) is 0 Å². The first-order chi connectivity index (χ1) is 12.7. The highest BCUT2D eigenvalue weighted by Gasteiger charge is 2.24. The van der Waals surface area contributed by atoms with Crippen LogP contribution in [0.25, 0.3) is 0 Å². The van der Waals surface area contributed by atoms with Crippen molar-refractivity contribution >= 4 is 0 Å². The fourth-order valence-corrected chi connectivity index (χ4v) is 5.12. The molecular weight excluding hydrogens is 321 g/mol. The van der Waals surface area contributed by atoms with Crippen LogP contribution in [0.4, 0.5) is 4.39 Å². The normalized spacial score (nSPS) is 30.4. The minimum atomic E-state index is -0.708. The molecule has 0 unspecified atom stereocenters. The Morgan fingerprint density at radius 1 is 0.846 bits per heavy atom. The van der Waals surface area contributed by atoms with Gasteiger partial charge in [0.2, 0.25) is 0 Å². The molecule has 0 aliphatic heterocycles. The van der Waals surface area contributed by atoms with Crippen molar-refractivity contribution in [3.05, 3.63) is 24.1 Å². The predicted octanol–water partition coefficient (Wildman–Crippen LogP) is 7.89. The van der Waals surface area contributed by atoms with Crippen LogP contribution in [0.2, 0.25) is 0 Å². The van der Waals surface area contributed by atoms with E-state index in [0.29, 0.717) is 0 Å². The third-order valence-corrected chi connectivity index (χ3v) is 6.84. The van der Waals surface area contributed by atoms with Crippen molar-refractivity contribution < 1.29 is 4.39 Å². The molecule has 0 aromatic heterocycles. The average Bonchev–Trinajstić information content (AvgIpc) is 2.68. The molecule has 2 heteroatoms. The zero-order valence-electron chi connectivity index (χ0n) is 16.8. The molecule has 146 valence electrons. The van der Waals surface area contributed by atoms with Crippen LogP contribution in [0.1, 0.15) is 96.8 Å². The number of halogens is 1. The monoisotopic (exact) mass is 359 g/mol. The van der Waals surface area contributed by atoms with Crippen molar-refractivity contribution in [1.29, 1.82) is 5.26 Å². The molecule has 0 saturated heterocycles. The van der Waals surface area contributed by atoms with Crippen molar-refractivity contribution in [2.75, 3.05) is 0 Å². The second kappa shape index (κ2) is 12.3. The van der Waals surface area contributed by atoms with Crippen molar-refractivity contribution in [2.24, 2.45) is 23.7 Å². The second-order valence-electron chi connectivity index (χ2n) is 8.77. The molecule has 0 spiro atoms. The molecule has 0 radical (unpaired) electrons. The Kier molecular flexibility index (Phi) is 10.0. The molecule has 0 bridgehead atoms. The van der Waals surface area contributed by atoms with E-state index in [-0.39, 0.29) is 0 Å². The predicted molar refractivity (Wildman–Crippen MR) is 108 cm³/mol. The van der Waals surface area contributed by atoms with Crippen molar-refractivity contribution in [2.45, 2.75) is 96.8 Å². The van der Waals surface area contributed by atoms with Gasteiger partial charge < -0.3 is 0 Å². The van der Waals surface area contributed by atoms with Gasteiger partial charge >= 0.3 is 0 Å². The smallest absolute Gasteiger partial charge is 0.195 e. The Balaban J connectivity index is 1.53. The second-order valence-corrected chi connectivity index (χ2v) is 8.77. The van der Waals surface area contributed by atoms with Crippen LogP contribution in [-0.4, -0.2) is 0 Å². The standard InChI is InChI=1S/C24H38FN/c1-2-6-20-9-13-22(14-10-20)17-18-23-15-11-21(12-16-23)7-4-3-5-8-24(25)19-26/h3,5,8,20-23H,2,4,6-7,9-18H2,1H3/t20-,21-,22-,23-. The lowest BCUT2D eigenvalue weighted by Gasteiger charge is -2.32. The molecule has 2 aliphatic rings. The molecule has 26 heavy (non-hydrogen) atoms. The van der Waals surface area contributed by atoms with Gasteiger partial charge in [-0.1, -0.05) is 96.1 Å². The Hall–Kier alpha value is -1.10. The topological polar surface area (TPSA) is 23.8 Å². The molecular formula is C24H38FN. The van der Waals surface area contributed by atoms with Gasteiger partial charge in [0.15, 0.2) is 5.83 Å². The van der Waals surface area contributed by atoms with Gasteiger partial charge in [0, 0.05) is 0 Å². The molecule has 0 amide bonds. The summed E-state index contributed by atoms with van der Waals surface area (Å²) in [5.74, 6) is 3.18. The summed E-state index contributed by atoms with van der Waals surface area (Å²) in [5, 5.41) is 8.35. The largest absolute Gasteiger partial charge is 0.199 e. The number of nitrogens with zero attached hydrogens (tertiary/aromatic N) is 1. The van der Waals surface area contributed by atoms with E-state index in [0.717, 1.165) is 30.1 Å². The van der Waals surface area contributed by atoms with Gasteiger partial charge in [0.1, 0.15) is 6.07 Å². The Bertz CT molecular complexity index is 471. The van der Waals surface area contributed by atoms with Gasteiger partial charge in [-0.05, 0) is 42.6 Å². The van der Waals surface area contributed by atoms with Gasteiger partial charge in [-0.3, -0.25) is 0 Å². The molecule has 2 aliphatic carbocycles. The zero-order chi connectivity index (χ0) is 18.6. The third kappa shape index (κ3) is 8.07. The van der Waals surface area contributed by atoms with Crippen molar-refractivity contribution in [3.8, 4) is 6.07 Å². The fraction of sp³-hybridized carbons (Fsp3) is 0.792. The molecule has 0 N–H and O–H groups in total. The lowest BCUT2D eigenvalue weighted by Crippen LogP contribution is -2.18. The molecule has 0 heterocycles.